The van der Waals surface area contributed by atoms with E-state index < -0.39 is 45.7 Å². The molecule has 0 aliphatic heterocycles. The van der Waals surface area contributed by atoms with Crippen molar-refractivity contribution in [2.24, 2.45) is 0 Å². The molecule has 19 heavy (non-hydrogen) atoms. The van der Waals surface area contributed by atoms with Crippen molar-refractivity contribution in [3.8, 4) is 0 Å². The van der Waals surface area contributed by atoms with Gasteiger partial charge in [-0.1, -0.05) is 0 Å². The number of nitro groups is 1. The summed E-state index contributed by atoms with van der Waals surface area (Å²) in [7, 11) is 0. The van der Waals surface area contributed by atoms with E-state index >= 15 is 0 Å². The Morgan fingerprint density at radius 3 is 2.47 bits per heavy atom. The first-order chi connectivity index (χ1) is 8.75. The topological polar surface area (TPSA) is 110 Å². The van der Waals surface area contributed by atoms with Crippen LogP contribution in [0.5, 0.6) is 0 Å². The molecule has 1 aromatic rings. The summed E-state index contributed by atoms with van der Waals surface area (Å²) in [5, 5.41) is 20.8. The van der Waals surface area contributed by atoms with Crippen LogP contribution in [0.1, 0.15) is 17.3 Å². The van der Waals surface area contributed by atoms with Gasteiger partial charge in [0.1, 0.15) is 17.4 Å². The monoisotopic (exact) mass is 274 g/mol. The molecule has 0 saturated heterocycles. The second-order valence-corrected chi connectivity index (χ2v) is 3.55. The molecule has 9 heteroatoms. The van der Waals surface area contributed by atoms with Crippen molar-refractivity contribution in [1.82, 2.24) is 5.32 Å². The average Bonchev–Trinajstić information content (AvgIpc) is 2.27. The zero-order valence-electron chi connectivity index (χ0n) is 9.52. The Morgan fingerprint density at radius 1 is 1.42 bits per heavy atom. The van der Waals surface area contributed by atoms with Gasteiger partial charge in [0, 0.05) is 6.07 Å². The SMILES string of the molecule is CC(NC(=O)c1c(F)ccc([N+](=O)[O-])c1F)C(=O)O. The smallest absolute Gasteiger partial charge is 0.325 e. The van der Waals surface area contributed by atoms with Crippen molar-refractivity contribution < 1.29 is 28.4 Å². The van der Waals surface area contributed by atoms with E-state index in [1.54, 1.807) is 5.32 Å². The number of nitro benzene ring substituents is 1. The third kappa shape index (κ3) is 3.00. The number of nitrogens with one attached hydrogen (secondary N) is 1. The molecule has 102 valence electrons. The number of carbonyl (C=O) groups excluding carboxylic acids is 1. The van der Waals surface area contributed by atoms with Crippen molar-refractivity contribution >= 4 is 17.6 Å². The van der Waals surface area contributed by atoms with Crippen molar-refractivity contribution in [3.05, 3.63) is 39.4 Å². The lowest BCUT2D eigenvalue weighted by atomic mass is 10.1. The number of carbonyl (C=O) groups is 2. The Balaban J connectivity index is 3.19. The van der Waals surface area contributed by atoms with Gasteiger partial charge >= 0.3 is 11.7 Å². The molecular weight excluding hydrogens is 266 g/mol. The number of carboxylic acid groups (broad SMARTS) is 1. The van der Waals surface area contributed by atoms with Crippen LogP contribution in [0, 0.1) is 21.7 Å². The van der Waals surface area contributed by atoms with E-state index in [1.807, 2.05) is 0 Å². The standard InChI is InChI=1S/C10H8F2N2O5/c1-4(10(16)17)13-9(15)7-5(11)2-3-6(8(7)12)14(18)19/h2-4H,1H3,(H,13,15)(H,16,17). The molecular formula is C10H8F2N2O5. The van der Waals surface area contributed by atoms with Crippen molar-refractivity contribution in [1.29, 1.82) is 0 Å². The first-order valence-corrected chi connectivity index (χ1v) is 4.91. The number of hydrogen-bond acceptors (Lipinski definition) is 4. The van der Waals surface area contributed by atoms with Crippen LogP contribution in [0.25, 0.3) is 0 Å². The maximum absolute atomic E-state index is 13.6. The highest BCUT2D eigenvalue weighted by atomic mass is 19.1. The molecule has 1 unspecified atom stereocenters. The zero-order chi connectivity index (χ0) is 14.7. The highest BCUT2D eigenvalue weighted by Crippen LogP contribution is 2.23. The molecule has 1 rings (SSSR count). The minimum atomic E-state index is -1.65. The van der Waals surface area contributed by atoms with Gasteiger partial charge in [0.25, 0.3) is 5.91 Å². The first kappa shape index (κ1) is 14.5. The number of nitrogens with zero attached hydrogens (tertiary/aromatic N) is 1. The summed E-state index contributed by atoms with van der Waals surface area (Å²) < 4.78 is 26.9. The van der Waals surface area contributed by atoms with E-state index in [9.17, 15) is 28.5 Å². The molecule has 1 atom stereocenters. The molecule has 0 saturated carbocycles. The summed E-state index contributed by atoms with van der Waals surface area (Å²) in [5.74, 6) is -5.77. The van der Waals surface area contributed by atoms with Gasteiger partial charge in [-0.25, -0.2) is 4.39 Å². The zero-order valence-corrected chi connectivity index (χ0v) is 9.52. The van der Waals surface area contributed by atoms with Gasteiger partial charge in [-0.05, 0) is 13.0 Å². The van der Waals surface area contributed by atoms with Crippen LogP contribution in [0.15, 0.2) is 12.1 Å². The molecule has 0 aromatic heterocycles. The van der Waals surface area contributed by atoms with Gasteiger partial charge in [0.05, 0.1) is 4.92 Å². The molecule has 0 aliphatic carbocycles. The van der Waals surface area contributed by atoms with Gasteiger partial charge in [0.2, 0.25) is 5.82 Å². The second-order valence-electron chi connectivity index (χ2n) is 3.55. The number of amides is 1. The van der Waals surface area contributed by atoms with E-state index in [1.165, 1.54) is 0 Å². The molecule has 0 bridgehead atoms. The Kier molecular flexibility index (Phi) is 4.10. The Hall–Kier alpha value is -2.58. The summed E-state index contributed by atoms with van der Waals surface area (Å²) in [6.45, 7) is 1.08. The van der Waals surface area contributed by atoms with E-state index in [2.05, 4.69) is 0 Å². The fourth-order valence-electron chi connectivity index (χ4n) is 1.22. The predicted octanol–water partition coefficient (Wildman–Crippen LogP) is 1.08. The minimum Gasteiger partial charge on any atom is -0.480 e. The lowest BCUT2D eigenvalue weighted by Crippen LogP contribution is -2.39. The molecule has 1 aromatic carbocycles. The van der Waals surface area contributed by atoms with Crippen LogP contribution in [0.3, 0.4) is 0 Å². The summed E-state index contributed by atoms with van der Waals surface area (Å²) in [6.07, 6.45) is 0. The number of hydrogen-bond donors (Lipinski definition) is 2. The molecule has 1 amide bonds. The third-order valence-corrected chi connectivity index (χ3v) is 2.21. The fraction of sp³-hybridized carbons (Fsp3) is 0.200. The number of aliphatic carboxylic acids is 1. The number of halogens is 2. The fourth-order valence-corrected chi connectivity index (χ4v) is 1.22. The van der Waals surface area contributed by atoms with Gasteiger partial charge in [-0.2, -0.15) is 4.39 Å². The maximum atomic E-state index is 13.6. The van der Waals surface area contributed by atoms with Crippen molar-refractivity contribution in [2.45, 2.75) is 13.0 Å². The normalized spacial score (nSPS) is 11.7. The summed E-state index contributed by atoms with van der Waals surface area (Å²) >= 11 is 0. The average molecular weight is 274 g/mol. The Morgan fingerprint density at radius 2 is 2.00 bits per heavy atom. The molecule has 7 nitrogen and oxygen atoms in total. The highest BCUT2D eigenvalue weighted by molar-refractivity contribution is 5.97. The van der Waals surface area contributed by atoms with Crippen LogP contribution >= 0.6 is 0 Å². The quantitative estimate of drug-likeness (QED) is 0.630. The minimum absolute atomic E-state index is 0.557. The largest absolute Gasteiger partial charge is 0.480 e. The van der Waals surface area contributed by atoms with E-state index in [4.69, 9.17) is 5.11 Å². The molecule has 0 fully saturated rings. The molecule has 0 radical (unpaired) electrons. The first-order valence-electron chi connectivity index (χ1n) is 4.91. The van der Waals surface area contributed by atoms with Gasteiger partial charge in [-0.15, -0.1) is 0 Å². The van der Waals surface area contributed by atoms with Crippen LogP contribution in [-0.2, 0) is 4.79 Å². The van der Waals surface area contributed by atoms with Gasteiger partial charge in [-0.3, -0.25) is 19.7 Å². The summed E-state index contributed by atoms with van der Waals surface area (Å²) in [4.78, 5) is 31.3. The van der Waals surface area contributed by atoms with Gasteiger partial charge in [0.15, 0.2) is 0 Å². The lowest BCUT2D eigenvalue weighted by molar-refractivity contribution is -0.387. The van der Waals surface area contributed by atoms with E-state index in [0.717, 1.165) is 6.92 Å². The number of carboxylic acids is 1. The highest BCUT2D eigenvalue weighted by Gasteiger charge is 2.27. The van der Waals surface area contributed by atoms with Crippen molar-refractivity contribution in [3.63, 3.8) is 0 Å². The predicted molar refractivity (Wildman–Crippen MR) is 57.6 cm³/mol. The third-order valence-electron chi connectivity index (χ3n) is 2.21. The molecule has 0 spiro atoms. The summed E-state index contributed by atoms with van der Waals surface area (Å²) in [6, 6.07) is -0.269. The summed E-state index contributed by atoms with van der Waals surface area (Å²) in [5.41, 5.74) is -2.27. The van der Waals surface area contributed by atoms with Crippen LogP contribution in [0.4, 0.5) is 14.5 Å². The van der Waals surface area contributed by atoms with Crippen LogP contribution < -0.4 is 5.32 Å². The van der Waals surface area contributed by atoms with E-state index in [-0.39, 0.29) is 0 Å². The van der Waals surface area contributed by atoms with Crippen molar-refractivity contribution in [2.75, 3.05) is 0 Å². The Labute approximate surface area is 105 Å². The lowest BCUT2D eigenvalue weighted by Gasteiger charge is -2.10. The van der Waals surface area contributed by atoms with Crippen LogP contribution in [-0.4, -0.2) is 27.9 Å². The second kappa shape index (κ2) is 5.38. The molecule has 2 N–H and O–H groups in total. The van der Waals surface area contributed by atoms with Gasteiger partial charge < -0.3 is 10.4 Å². The molecule has 0 aliphatic rings. The Bertz CT molecular complexity index is 561. The molecule has 0 heterocycles. The van der Waals surface area contributed by atoms with E-state index in [0.29, 0.717) is 12.1 Å². The number of rotatable bonds is 4. The maximum Gasteiger partial charge on any atom is 0.325 e. The number of benzene rings is 1. The van der Waals surface area contributed by atoms with Crippen LogP contribution in [0.2, 0.25) is 0 Å².